The zero-order valence-corrected chi connectivity index (χ0v) is 24.4. The van der Waals surface area contributed by atoms with Crippen LogP contribution in [-0.4, -0.2) is 88.1 Å². The molecule has 5 atom stereocenters. The van der Waals surface area contributed by atoms with Crippen LogP contribution in [0.1, 0.15) is 5.56 Å². The molecule has 242 valence electrons. The van der Waals surface area contributed by atoms with Gasteiger partial charge in [0.15, 0.2) is 28.4 Å². The van der Waals surface area contributed by atoms with E-state index in [0.717, 1.165) is 12.1 Å². The maximum atomic E-state index is 13.0. The van der Waals surface area contributed by atoms with E-state index in [1.54, 1.807) is 12.1 Å². The highest BCUT2D eigenvalue weighted by Gasteiger charge is 2.46. The van der Waals surface area contributed by atoms with Gasteiger partial charge in [0, 0.05) is 23.8 Å². The first-order chi connectivity index (χ1) is 22.0. The van der Waals surface area contributed by atoms with Crippen molar-refractivity contribution >= 4 is 23.0 Å². The fourth-order valence-electron chi connectivity index (χ4n) is 4.76. The lowest BCUT2D eigenvalue weighted by molar-refractivity contribution is -0.278. The molecule has 0 bridgehead atoms. The van der Waals surface area contributed by atoms with Gasteiger partial charge >= 0.3 is 5.97 Å². The maximum absolute atomic E-state index is 13.0. The lowest BCUT2D eigenvalue weighted by Gasteiger charge is -2.40. The minimum atomic E-state index is -1.82. The Morgan fingerprint density at radius 3 is 2.33 bits per heavy atom. The molecule has 3 aromatic carbocycles. The highest BCUT2D eigenvalue weighted by atomic mass is 16.7. The molecule has 1 fully saturated rings. The molecule has 1 aromatic heterocycles. The first-order valence-corrected chi connectivity index (χ1v) is 13.8. The van der Waals surface area contributed by atoms with Gasteiger partial charge in [-0.3, -0.25) is 4.79 Å². The van der Waals surface area contributed by atoms with Crippen LogP contribution in [0.15, 0.2) is 69.9 Å². The van der Waals surface area contributed by atoms with Gasteiger partial charge in [-0.25, -0.2) is 4.79 Å². The smallest absolute Gasteiger partial charge is 0.330 e. The molecule has 0 amide bonds. The molecule has 2 heterocycles. The summed E-state index contributed by atoms with van der Waals surface area (Å²) in [5, 5.41) is 61.6. The van der Waals surface area contributed by atoms with Crippen molar-refractivity contribution in [3.05, 3.63) is 76.5 Å². The highest BCUT2D eigenvalue weighted by Crippen LogP contribution is 2.43. The number of rotatable bonds is 9. The van der Waals surface area contributed by atoms with Gasteiger partial charge in [-0.1, -0.05) is 12.1 Å². The monoisotopic (exact) mass is 638 g/mol. The summed E-state index contributed by atoms with van der Waals surface area (Å²) in [5.41, 5.74) is 0.179. The zero-order chi connectivity index (χ0) is 33.1. The fourth-order valence-corrected chi connectivity index (χ4v) is 4.76. The van der Waals surface area contributed by atoms with Crippen molar-refractivity contribution in [2.75, 3.05) is 20.8 Å². The van der Waals surface area contributed by atoms with Crippen LogP contribution in [0, 0.1) is 0 Å². The Bertz CT molecular complexity index is 1810. The van der Waals surface area contributed by atoms with Gasteiger partial charge in [-0.2, -0.15) is 0 Å². The van der Waals surface area contributed by atoms with Crippen LogP contribution in [-0.2, 0) is 14.3 Å². The number of carbonyl (C=O) groups is 1. The van der Waals surface area contributed by atoms with Crippen LogP contribution in [0.2, 0.25) is 0 Å². The second-order valence-corrected chi connectivity index (χ2v) is 10.2. The normalized spacial score (nSPS) is 21.3. The Morgan fingerprint density at radius 2 is 1.63 bits per heavy atom. The van der Waals surface area contributed by atoms with E-state index in [0.29, 0.717) is 11.1 Å². The molecular formula is C32H30O14. The summed E-state index contributed by atoms with van der Waals surface area (Å²) >= 11 is 0. The molecule has 14 nitrogen and oxygen atoms in total. The first kappa shape index (κ1) is 32.1. The van der Waals surface area contributed by atoms with E-state index in [4.69, 9.17) is 28.1 Å². The van der Waals surface area contributed by atoms with Crippen LogP contribution >= 0.6 is 0 Å². The number of hydrogen-bond donors (Lipinski definition) is 6. The van der Waals surface area contributed by atoms with Gasteiger partial charge in [-0.15, -0.1) is 0 Å². The third-order valence-electron chi connectivity index (χ3n) is 7.19. The predicted octanol–water partition coefficient (Wildman–Crippen LogP) is 2.04. The Kier molecular flexibility index (Phi) is 9.34. The largest absolute Gasteiger partial charge is 0.508 e. The number of aliphatic hydroxyl groups is 3. The van der Waals surface area contributed by atoms with E-state index < -0.39 is 54.5 Å². The van der Waals surface area contributed by atoms with Crippen LogP contribution in [0.3, 0.4) is 0 Å². The Morgan fingerprint density at radius 1 is 0.891 bits per heavy atom. The second kappa shape index (κ2) is 13.4. The number of hydrogen-bond acceptors (Lipinski definition) is 14. The Labute approximate surface area is 260 Å². The molecule has 1 saturated heterocycles. The number of methoxy groups -OCH3 is 2. The average molecular weight is 639 g/mol. The quantitative estimate of drug-likeness (QED) is 0.114. The minimum absolute atomic E-state index is 0.0557. The van der Waals surface area contributed by atoms with Gasteiger partial charge in [-0.05, 0) is 42.0 Å². The van der Waals surface area contributed by atoms with E-state index in [2.05, 4.69) is 0 Å². The highest BCUT2D eigenvalue weighted by molar-refractivity contribution is 5.90. The van der Waals surface area contributed by atoms with E-state index in [-0.39, 0.29) is 45.5 Å². The molecule has 6 N–H and O–H groups in total. The molecule has 0 saturated carbocycles. The van der Waals surface area contributed by atoms with Crippen LogP contribution in [0.5, 0.6) is 34.5 Å². The number of aliphatic hydroxyl groups excluding tert-OH is 3. The van der Waals surface area contributed by atoms with E-state index in [1.165, 1.54) is 56.7 Å². The second-order valence-electron chi connectivity index (χ2n) is 10.2. The number of benzene rings is 3. The Balaban J connectivity index is 1.39. The third kappa shape index (κ3) is 6.55. The summed E-state index contributed by atoms with van der Waals surface area (Å²) in [5.74, 6) is -1.93. The van der Waals surface area contributed by atoms with Gasteiger partial charge in [0.25, 0.3) is 0 Å². The van der Waals surface area contributed by atoms with Gasteiger partial charge in [0.05, 0.1) is 14.2 Å². The molecule has 14 heteroatoms. The lowest BCUT2D eigenvalue weighted by Crippen LogP contribution is -2.60. The van der Waals surface area contributed by atoms with Gasteiger partial charge in [0.2, 0.25) is 12.0 Å². The molecule has 0 radical (unpaired) electrons. The zero-order valence-electron chi connectivity index (χ0n) is 24.4. The first-order valence-electron chi connectivity index (χ1n) is 13.8. The summed E-state index contributed by atoms with van der Waals surface area (Å²) in [6, 6.07) is 12.6. The number of carbonyl (C=O) groups excluding carboxylic acids is 1. The van der Waals surface area contributed by atoms with Gasteiger partial charge in [0.1, 0.15) is 53.5 Å². The van der Waals surface area contributed by atoms with Crippen molar-refractivity contribution in [3.8, 4) is 45.8 Å². The topological polar surface area (TPSA) is 215 Å². The molecule has 4 aromatic rings. The van der Waals surface area contributed by atoms with E-state index in [1.807, 2.05) is 0 Å². The van der Waals surface area contributed by atoms with Crippen molar-refractivity contribution in [2.24, 2.45) is 0 Å². The molecule has 1 aliphatic rings. The molecule has 0 unspecified atom stereocenters. The molecule has 46 heavy (non-hydrogen) atoms. The molecule has 0 aliphatic carbocycles. The Hall–Kier alpha value is -5.28. The summed E-state index contributed by atoms with van der Waals surface area (Å²) in [7, 11) is 2.55. The number of ether oxygens (including phenoxy) is 5. The van der Waals surface area contributed by atoms with Crippen LogP contribution < -0.4 is 19.6 Å². The third-order valence-corrected chi connectivity index (χ3v) is 7.19. The number of esters is 1. The number of phenols is 3. The summed E-state index contributed by atoms with van der Waals surface area (Å²) in [6.45, 7) is -0.544. The minimum Gasteiger partial charge on any atom is -0.508 e. The maximum Gasteiger partial charge on any atom is 0.330 e. The number of aromatic hydroxyl groups is 3. The number of phenolic OH excluding ortho intramolecular Hbond substituents is 3. The summed E-state index contributed by atoms with van der Waals surface area (Å²) in [6.07, 6.45) is -5.80. The standard InChI is InChI=1S/C32H30O14/c1-41-21-11-16(6-9-18(21)34)20-12-19(35)26-22(44-20)13-23(31(42-2)28(26)38)45-32-30(40)29(39)27(37)24(46-32)14-43-25(36)10-5-15-3-7-17(33)8-4-15/h3-13,24,27,29-30,32-34,37-40H,14H2,1-2H3/b10-5+/t24-,27-,29+,30-,32-/m1/s1. The fraction of sp³-hybridized carbons (Fsp3) is 0.250. The summed E-state index contributed by atoms with van der Waals surface area (Å²) in [4.78, 5) is 25.3. The predicted molar refractivity (Wildman–Crippen MR) is 160 cm³/mol. The summed E-state index contributed by atoms with van der Waals surface area (Å²) < 4.78 is 32.8. The van der Waals surface area contributed by atoms with Gasteiger partial charge < -0.3 is 58.7 Å². The van der Waals surface area contributed by atoms with Crippen LogP contribution in [0.4, 0.5) is 0 Å². The molecule has 5 rings (SSSR count). The van der Waals surface area contributed by atoms with E-state index in [9.17, 15) is 40.2 Å². The number of fused-ring (bicyclic) bond motifs is 1. The van der Waals surface area contributed by atoms with Crippen molar-refractivity contribution in [3.63, 3.8) is 0 Å². The van der Waals surface area contributed by atoms with E-state index >= 15 is 0 Å². The van der Waals surface area contributed by atoms with Crippen molar-refractivity contribution in [1.82, 2.24) is 0 Å². The van der Waals surface area contributed by atoms with Crippen LogP contribution in [0.25, 0.3) is 28.4 Å². The van der Waals surface area contributed by atoms with Crippen molar-refractivity contribution in [2.45, 2.75) is 30.7 Å². The van der Waals surface area contributed by atoms with Crippen molar-refractivity contribution < 1.29 is 63.5 Å². The molecule has 1 aliphatic heterocycles. The average Bonchev–Trinajstić information content (AvgIpc) is 3.04. The SMILES string of the molecule is COc1cc(-c2cc(=O)c3c(O)c(OC)c(O[C@@H]4O[C@H](COC(=O)/C=C/c5ccc(O)cc5)[C@@H](O)[C@H](O)[C@H]4O)cc3o2)ccc1O. The molecule has 0 spiro atoms. The lowest BCUT2D eigenvalue weighted by atomic mass is 9.99. The molecular weight excluding hydrogens is 608 g/mol. The van der Waals surface area contributed by atoms with Crippen molar-refractivity contribution in [1.29, 1.82) is 0 Å².